The molecular weight excluding hydrogens is 368 g/mol. The van der Waals surface area contributed by atoms with Crippen molar-refractivity contribution in [2.75, 3.05) is 31.7 Å². The average Bonchev–Trinajstić information content (AvgIpc) is 3.26. The highest BCUT2D eigenvalue weighted by Crippen LogP contribution is 2.67. The van der Waals surface area contributed by atoms with Crippen LogP contribution in [-0.4, -0.2) is 59.9 Å². The van der Waals surface area contributed by atoms with E-state index in [2.05, 4.69) is 11.0 Å². The molecular formula is C23H32N2O4. The van der Waals surface area contributed by atoms with Crippen LogP contribution in [0.3, 0.4) is 0 Å². The average molecular weight is 401 g/mol. The Balaban J connectivity index is 1.75. The van der Waals surface area contributed by atoms with Crippen molar-refractivity contribution < 1.29 is 19.7 Å². The minimum absolute atomic E-state index is 0.0700. The molecule has 4 aliphatic rings. The van der Waals surface area contributed by atoms with Crippen LogP contribution in [0.5, 0.6) is 11.5 Å². The molecule has 0 radical (unpaired) electrons. The Morgan fingerprint density at radius 3 is 2.83 bits per heavy atom. The number of methoxy groups -OCH3 is 1. The first-order chi connectivity index (χ1) is 14.0. The fraction of sp³-hybridized carbons (Fsp3) is 0.696. The van der Waals surface area contributed by atoms with E-state index in [4.69, 9.17) is 4.74 Å². The summed E-state index contributed by atoms with van der Waals surface area (Å²) in [6, 6.07) is 4.34. The summed E-state index contributed by atoms with van der Waals surface area (Å²) in [4.78, 5) is 17.7. The van der Waals surface area contributed by atoms with Gasteiger partial charge in [-0.15, -0.1) is 0 Å². The largest absolute Gasteiger partial charge is 0.503 e. The first kappa shape index (κ1) is 19.2. The Labute approximate surface area is 172 Å². The van der Waals surface area contributed by atoms with Crippen LogP contribution in [0.1, 0.15) is 57.4 Å². The van der Waals surface area contributed by atoms with Gasteiger partial charge in [0.1, 0.15) is 0 Å². The standard InChI is InChI=1S/C23H32N2O4/c1-3-18(27)25-17-7-9-22(11-14-26)8-4-12-24-13-10-23(17,21(22)24)15-5-6-16(29-2)20(28)19(15)25/h5-6,17,21,26,28H,3-4,7-14H2,1-2H3. The zero-order chi connectivity index (χ0) is 20.4. The van der Waals surface area contributed by atoms with Gasteiger partial charge in [0.25, 0.3) is 0 Å². The minimum Gasteiger partial charge on any atom is -0.503 e. The van der Waals surface area contributed by atoms with Crippen molar-refractivity contribution in [3.63, 3.8) is 0 Å². The van der Waals surface area contributed by atoms with Gasteiger partial charge in [0.2, 0.25) is 5.91 Å². The number of amides is 1. The molecule has 0 aromatic heterocycles. The number of aromatic hydroxyl groups is 1. The number of phenolic OH excluding ortho intramolecular Hbond substituents is 1. The molecule has 3 fully saturated rings. The van der Waals surface area contributed by atoms with E-state index in [-0.39, 0.29) is 35.1 Å². The smallest absolute Gasteiger partial charge is 0.227 e. The summed E-state index contributed by atoms with van der Waals surface area (Å²) in [7, 11) is 1.55. The number of hydrogen-bond donors (Lipinski definition) is 2. The van der Waals surface area contributed by atoms with Crippen molar-refractivity contribution in [1.82, 2.24) is 4.90 Å². The topological polar surface area (TPSA) is 73.2 Å². The van der Waals surface area contributed by atoms with Crippen LogP contribution >= 0.6 is 0 Å². The van der Waals surface area contributed by atoms with Crippen molar-refractivity contribution in [2.24, 2.45) is 5.41 Å². The zero-order valence-electron chi connectivity index (χ0n) is 17.5. The molecule has 4 atom stereocenters. The molecule has 4 unspecified atom stereocenters. The predicted octanol–water partition coefficient (Wildman–Crippen LogP) is 2.79. The maximum absolute atomic E-state index is 13.1. The Hall–Kier alpha value is -1.79. The number of nitrogens with zero attached hydrogens (tertiary/aromatic N) is 2. The van der Waals surface area contributed by atoms with E-state index < -0.39 is 0 Å². The normalized spacial score (nSPS) is 35.2. The first-order valence-electron chi connectivity index (χ1n) is 11.1. The molecule has 2 N–H and O–H groups in total. The zero-order valence-corrected chi connectivity index (χ0v) is 17.5. The summed E-state index contributed by atoms with van der Waals surface area (Å²) in [6.45, 7) is 4.22. The number of fused-ring (bicyclic) bond motifs is 1. The molecule has 29 heavy (non-hydrogen) atoms. The summed E-state index contributed by atoms with van der Waals surface area (Å²) in [5.74, 6) is 0.589. The lowest BCUT2D eigenvalue weighted by Gasteiger charge is -2.58. The van der Waals surface area contributed by atoms with E-state index in [9.17, 15) is 15.0 Å². The van der Waals surface area contributed by atoms with E-state index in [1.807, 2.05) is 17.9 Å². The highest BCUT2D eigenvalue weighted by Gasteiger charge is 2.69. The Kier molecular flexibility index (Phi) is 4.37. The quantitative estimate of drug-likeness (QED) is 0.813. The Morgan fingerprint density at radius 2 is 2.10 bits per heavy atom. The van der Waals surface area contributed by atoms with Gasteiger partial charge in [0.05, 0.1) is 12.8 Å². The maximum Gasteiger partial charge on any atom is 0.227 e. The van der Waals surface area contributed by atoms with Crippen molar-refractivity contribution >= 4 is 11.6 Å². The molecule has 6 nitrogen and oxygen atoms in total. The lowest BCUT2D eigenvalue weighted by Crippen LogP contribution is -2.65. The van der Waals surface area contributed by atoms with Crippen LogP contribution in [-0.2, 0) is 10.2 Å². The predicted molar refractivity (Wildman–Crippen MR) is 110 cm³/mol. The number of benzene rings is 1. The van der Waals surface area contributed by atoms with Crippen LogP contribution in [0.4, 0.5) is 5.69 Å². The summed E-state index contributed by atoms with van der Waals surface area (Å²) < 4.78 is 5.40. The summed E-state index contributed by atoms with van der Waals surface area (Å²) >= 11 is 0. The van der Waals surface area contributed by atoms with E-state index in [0.29, 0.717) is 23.9 Å². The monoisotopic (exact) mass is 400 g/mol. The van der Waals surface area contributed by atoms with Gasteiger partial charge in [-0.3, -0.25) is 9.69 Å². The fourth-order valence-corrected chi connectivity index (χ4v) is 7.56. The molecule has 1 saturated carbocycles. The Bertz CT molecular complexity index is 838. The fourth-order valence-electron chi connectivity index (χ4n) is 7.56. The molecule has 0 bridgehead atoms. The third-order valence-corrected chi connectivity index (χ3v) is 8.45. The molecule has 5 rings (SSSR count). The molecule has 1 spiro atoms. The SMILES string of the molecule is CCC(=O)N1c2c(ccc(OC)c2O)C23CCN4CCCC(CCO)(CCC12)C43. The molecule has 6 heteroatoms. The molecule has 1 aliphatic carbocycles. The third-order valence-electron chi connectivity index (χ3n) is 8.45. The van der Waals surface area contributed by atoms with E-state index >= 15 is 0 Å². The number of carbonyl (C=O) groups excluding carboxylic acids is 1. The second-order valence-corrected chi connectivity index (χ2v) is 9.35. The molecule has 1 amide bonds. The van der Waals surface area contributed by atoms with Crippen molar-refractivity contribution in [3.8, 4) is 11.5 Å². The minimum atomic E-state index is -0.169. The van der Waals surface area contributed by atoms with Crippen LogP contribution in [0.25, 0.3) is 0 Å². The first-order valence-corrected chi connectivity index (χ1v) is 11.1. The molecule has 2 saturated heterocycles. The lowest BCUT2D eigenvalue weighted by atomic mass is 9.52. The highest BCUT2D eigenvalue weighted by molar-refractivity contribution is 6.00. The summed E-state index contributed by atoms with van der Waals surface area (Å²) in [5, 5.41) is 21.0. The second kappa shape index (κ2) is 6.61. The number of aliphatic hydroxyl groups is 1. The van der Waals surface area contributed by atoms with Gasteiger partial charge in [-0.05, 0) is 68.7 Å². The number of rotatable bonds is 4. The van der Waals surface area contributed by atoms with Crippen LogP contribution in [0, 0.1) is 5.41 Å². The number of ether oxygens (including phenoxy) is 1. The van der Waals surface area contributed by atoms with Gasteiger partial charge >= 0.3 is 0 Å². The van der Waals surface area contributed by atoms with Crippen molar-refractivity contribution in [2.45, 2.75) is 69.4 Å². The van der Waals surface area contributed by atoms with Gasteiger partial charge in [-0.2, -0.15) is 0 Å². The molecule has 3 aliphatic heterocycles. The number of phenols is 1. The third kappa shape index (κ3) is 2.27. The van der Waals surface area contributed by atoms with Crippen LogP contribution in [0.15, 0.2) is 12.1 Å². The van der Waals surface area contributed by atoms with Crippen LogP contribution < -0.4 is 9.64 Å². The Morgan fingerprint density at radius 1 is 1.28 bits per heavy atom. The van der Waals surface area contributed by atoms with Gasteiger partial charge in [0, 0.05) is 30.5 Å². The second-order valence-electron chi connectivity index (χ2n) is 9.35. The van der Waals surface area contributed by atoms with E-state index in [1.54, 1.807) is 7.11 Å². The summed E-state index contributed by atoms with van der Waals surface area (Å²) in [6.07, 6.45) is 6.51. The van der Waals surface area contributed by atoms with E-state index in [0.717, 1.165) is 50.8 Å². The molecule has 1 aromatic carbocycles. The van der Waals surface area contributed by atoms with Crippen LogP contribution in [0.2, 0.25) is 0 Å². The summed E-state index contributed by atoms with van der Waals surface area (Å²) in [5.41, 5.74) is 1.71. The van der Waals surface area contributed by atoms with Crippen molar-refractivity contribution in [3.05, 3.63) is 17.7 Å². The lowest BCUT2D eigenvalue weighted by molar-refractivity contribution is -0.120. The van der Waals surface area contributed by atoms with E-state index in [1.165, 1.54) is 6.42 Å². The number of carbonyl (C=O) groups is 1. The number of aliphatic hydroxyl groups excluding tert-OH is 1. The number of hydrogen-bond acceptors (Lipinski definition) is 5. The number of anilines is 1. The van der Waals surface area contributed by atoms with Crippen molar-refractivity contribution in [1.29, 1.82) is 0 Å². The van der Waals surface area contributed by atoms with Gasteiger partial charge < -0.3 is 19.8 Å². The maximum atomic E-state index is 13.1. The highest BCUT2D eigenvalue weighted by atomic mass is 16.5. The molecule has 158 valence electrons. The number of piperidine rings is 1. The molecule has 1 aromatic rings. The van der Waals surface area contributed by atoms with Gasteiger partial charge in [0.15, 0.2) is 11.5 Å². The molecule has 3 heterocycles. The van der Waals surface area contributed by atoms with Gasteiger partial charge in [-0.25, -0.2) is 0 Å². The van der Waals surface area contributed by atoms with Gasteiger partial charge in [-0.1, -0.05) is 13.0 Å².